The fourth-order valence-corrected chi connectivity index (χ4v) is 3.63. The van der Waals surface area contributed by atoms with E-state index in [9.17, 15) is 14.0 Å². The number of anilines is 1. The van der Waals surface area contributed by atoms with Crippen LogP contribution in [0.25, 0.3) is 21.9 Å². The van der Waals surface area contributed by atoms with Crippen LogP contribution in [0.1, 0.15) is 23.2 Å². The minimum absolute atomic E-state index is 0.128. The average molecular weight is 392 g/mol. The lowest BCUT2D eigenvalue weighted by Crippen LogP contribution is -2.35. The summed E-state index contributed by atoms with van der Waals surface area (Å²) in [6.07, 6.45) is 2.90. The van der Waals surface area contributed by atoms with Crippen LogP contribution in [0.5, 0.6) is 0 Å². The van der Waals surface area contributed by atoms with Crippen molar-refractivity contribution in [2.24, 2.45) is 0 Å². The van der Waals surface area contributed by atoms with Crippen molar-refractivity contribution in [1.29, 1.82) is 0 Å². The number of pyridine rings is 1. The average Bonchev–Trinajstić information content (AvgIpc) is 3.13. The summed E-state index contributed by atoms with van der Waals surface area (Å²) in [5, 5.41) is 4.16. The van der Waals surface area contributed by atoms with Gasteiger partial charge in [-0.15, -0.1) is 0 Å². The number of hydrogen-bond donors (Lipinski definition) is 2. The molecule has 1 aliphatic heterocycles. The Morgan fingerprint density at radius 2 is 2.00 bits per heavy atom. The summed E-state index contributed by atoms with van der Waals surface area (Å²) in [6.45, 7) is 1.61. The van der Waals surface area contributed by atoms with Gasteiger partial charge in [0, 0.05) is 37.6 Å². The van der Waals surface area contributed by atoms with Crippen molar-refractivity contribution >= 4 is 28.4 Å². The van der Waals surface area contributed by atoms with Gasteiger partial charge in [0.25, 0.3) is 5.91 Å². The molecule has 148 valence electrons. The molecule has 0 spiro atoms. The maximum absolute atomic E-state index is 13.6. The Labute approximate surface area is 167 Å². The number of aromatic nitrogens is 1. The van der Waals surface area contributed by atoms with Crippen LogP contribution in [0.3, 0.4) is 0 Å². The molecular weight excluding hydrogens is 371 g/mol. The molecule has 0 unspecified atom stereocenters. The predicted octanol–water partition coefficient (Wildman–Crippen LogP) is 2.98. The van der Waals surface area contributed by atoms with Crippen molar-refractivity contribution in [3.63, 3.8) is 0 Å². The molecule has 0 saturated carbocycles. The van der Waals surface area contributed by atoms with Gasteiger partial charge in [-0.05, 0) is 41.1 Å². The van der Waals surface area contributed by atoms with Crippen molar-refractivity contribution in [3.8, 4) is 11.1 Å². The predicted molar refractivity (Wildman–Crippen MR) is 110 cm³/mol. The molecule has 0 aliphatic carbocycles. The number of rotatable bonds is 5. The minimum Gasteiger partial charge on any atom is -0.383 e. The first-order valence-corrected chi connectivity index (χ1v) is 9.53. The molecule has 2 amide bonds. The Balaban J connectivity index is 1.57. The third kappa shape index (κ3) is 3.89. The molecule has 3 N–H and O–H groups in total. The molecule has 0 atom stereocenters. The van der Waals surface area contributed by atoms with E-state index in [1.54, 1.807) is 17.0 Å². The summed E-state index contributed by atoms with van der Waals surface area (Å²) in [6, 6.07) is 11.7. The van der Waals surface area contributed by atoms with Crippen LogP contribution in [-0.2, 0) is 4.79 Å². The molecule has 1 fully saturated rings. The molecule has 4 rings (SSSR count). The zero-order valence-electron chi connectivity index (χ0n) is 15.8. The highest BCUT2D eigenvalue weighted by Gasteiger charge is 2.20. The molecule has 1 aliphatic rings. The lowest BCUT2D eigenvalue weighted by Gasteiger charge is -2.16. The Morgan fingerprint density at radius 1 is 1.17 bits per heavy atom. The number of nitrogens with two attached hydrogens (primary N) is 1. The van der Waals surface area contributed by atoms with E-state index in [1.807, 2.05) is 18.2 Å². The van der Waals surface area contributed by atoms with Gasteiger partial charge in [-0.3, -0.25) is 9.59 Å². The smallest absolute Gasteiger partial charge is 0.253 e. The van der Waals surface area contributed by atoms with E-state index in [2.05, 4.69) is 10.3 Å². The van der Waals surface area contributed by atoms with Crippen molar-refractivity contribution < 1.29 is 14.0 Å². The molecule has 2 aromatic carbocycles. The number of carbonyl (C=O) groups excluding carboxylic acids is 2. The first-order chi connectivity index (χ1) is 14.0. The van der Waals surface area contributed by atoms with Gasteiger partial charge in [0.2, 0.25) is 5.91 Å². The second-order valence-electron chi connectivity index (χ2n) is 7.07. The number of halogens is 1. The monoisotopic (exact) mass is 392 g/mol. The van der Waals surface area contributed by atoms with E-state index in [-0.39, 0.29) is 17.6 Å². The number of benzene rings is 2. The van der Waals surface area contributed by atoms with Crippen molar-refractivity contribution in [3.05, 3.63) is 60.0 Å². The highest BCUT2D eigenvalue weighted by atomic mass is 19.1. The normalized spacial score (nSPS) is 13.8. The molecule has 6 nitrogen and oxygen atoms in total. The van der Waals surface area contributed by atoms with E-state index in [0.29, 0.717) is 41.7 Å². The summed E-state index contributed by atoms with van der Waals surface area (Å²) < 4.78 is 13.6. The Morgan fingerprint density at radius 3 is 2.76 bits per heavy atom. The first kappa shape index (κ1) is 18.9. The number of amides is 2. The Hall–Kier alpha value is -3.48. The molecule has 2 heterocycles. The van der Waals surface area contributed by atoms with Crippen LogP contribution in [0, 0.1) is 5.82 Å². The van der Waals surface area contributed by atoms with Gasteiger partial charge in [-0.25, -0.2) is 9.37 Å². The van der Waals surface area contributed by atoms with Gasteiger partial charge in [0.05, 0.1) is 5.56 Å². The zero-order chi connectivity index (χ0) is 20.4. The van der Waals surface area contributed by atoms with Gasteiger partial charge < -0.3 is 16.0 Å². The lowest BCUT2D eigenvalue weighted by molar-refractivity contribution is -0.127. The zero-order valence-corrected chi connectivity index (χ0v) is 15.8. The van der Waals surface area contributed by atoms with Crippen LogP contribution in [0.4, 0.5) is 10.2 Å². The van der Waals surface area contributed by atoms with E-state index in [0.717, 1.165) is 24.1 Å². The van der Waals surface area contributed by atoms with Crippen LogP contribution >= 0.6 is 0 Å². The topological polar surface area (TPSA) is 88.3 Å². The lowest BCUT2D eigenvalue weighted by atomic mass is 9.99. The van der Waals surface area contributed by atoms with Gasteiger partial charge in [-0.2, -0.15) is 0 Å². The number of nitrogens with zero attached hydrogens (tertiary/aromatic N) is 2. The second-order valence-corrected chi connectivity index (χ2v) is 7.07. The van der Waals surface area contributed by atoms with Crippen LogP contribution in [-0.4, -0.2) is 41.3 Å². The van der Waals surface area contributed by atoms with Crippen LogP contribution in [0.15, 0.2) is 48.7 Å². The third-order valence-electron chi connectivity index (χ3n) is 5.16. The summed E-state index contributed by atoms with van der Waals surface area (Å²) in [5.74, 6) is -0.160. The maximum Gasteiger partial charge on any atom is 0.253 e. The minimum atomic E-state index is -0.321. The fourth-order valence-electron chi connectivity index (χ4n) is 3.63. The number of likely N-dealkylation sites (tertiary alicyclic amines) is 1. The highest BCUT2D eigenvalue weighted by Crippen LogP contribution is 2.29. The number of nitrogen functional groups attached to an aromatic ring is 1. The van der Waals surface area contributed by atoms with Gasteiger partial charge in [0.15, 0.2) is 0 Å². The van der Waals surface area contributed by atoms with E-state index < -0.39 is 0 Å². The molecule has 0 bridgehead atoms. The molecular formula is C22H21FN4O2. The molecule has 3 aromatic rings. The number of hydrogen-bond acceptors (Lipinski definition) is 4. The van der Waals surface area contributed by atoms with Crippen LogP contribution < -0.4 is 11.1 Å². The van der Waals surface area contributed by atoms with Crippen molar-refractivity contribution in [1.82, 2.24) is 15.2 Å². The third-order valence-corrected chi connectivity index (χ3v) is 5.16. The van der Waals surface area contributed by atoms with Crippen molar-refractivity contribution in [2.45, 2.75) is 12.8 Å². The summed E-state index contributed by atoms with van der Waals surface area (Å²) in [4.78, 5) is 30.3. The number of carbonyl (C=O) groups is 2. The largest absolute Gasteiger partial charge is 0.383 e. The van der Waals surface area contributed by atoms with Gasteiger partial charge >= 0.3 is 0 Å². The molecule has 1 saturated heterocycles. The Kier molecular flexibility index (Phi) is 5.12. The first-order valence-electron chi connectivity index (χ1n) is 9.53. The quantitative estimate of drug-likeness (QED) is 0.699. The Bertz CT molecular complexity index is 1100. The molecule has 0 radical (unpaired) electrons. The van der Waals surface area contributed by atoms with Gasteiger partial charge in [0.1, 0.15) is 11.6 Å². The molecule has 29 heavy (non-hydrogen) atoms. The van der Waals surface area contributed by atoms with E-state index >= 15 is 0 Å². The second kappa shape index (κ2) is 7.87. The molecule has 7 heteroatoms. The number of fused-ring (bicyclic) bond motifs is 1. The highest BCUT2D eigenvalue weighted by molar-refractivity contribution is 6.09. The van der Waals surface area contributed by atoms with Crippen molar-refractivity contribution in [2.75, 3.05) is 25.4 Å². The van der Waals surface area contributed by atoms with Gasteiger partial charge in [-0.1, -0.05) is 24.3 Å². The summed E-state index contributed by atoms with van der Waals surface area (Å²) >= 11 is 0. The summed E-state index contributed by atoms with van der Waals surface area (Å²) in [7, 11) is 0. The standard InChI is InChI=1S/C22H21FN4O2/c23-16-4-1-3-14(11-16)15-6-7-17-18(12-15)21(24)26-13-19(17)22(29)25-8-10-27-9-2-5-20(27)28/h1,3-4,6-7,11-13H,2,5,8-10H2,(H2,24,26)(H,25,29). The maximum atomic E-state index is 13.6. The van der Waals surface area contributed by atoms with Crippen LogP contribution in [0.2, 0.25) is 0 Å². The SMILES string of the molecule is Nc1ncc(C(=O)NCCN2CCCC2=O)c2ccc(-c3cccc(F)c3)cc12. The molecule has 1 aromatic heterocycles. The van der Waals surface area contributed by atoms with E-state index in [1.165, 1.54) is 18.3 Å². The van der Waals surface area contributed by atoms with E-state index in [4.69, 9.17) is 5.73 Å². The fraction of sp³-hybridized carbons (Fsp3) is 0.227. The number of nitrogens with one attached hydrogen (secondary N) is 1. The summed E-state index contributed by atoms with van der Waals surface area (Å²) in [5.41, 5.74) is 7.96.